The molecule has 27 heavy (non-hydrogen) atoms. The summed E-state index contributed by atoms with van der Waals surface area (Å²) in [5.41, 5.74) is 1.18. The summed E-state index contributed by atoms with van der Waals surface area (Å²) in [7, 11) is -3.16. The van der Waals surface area contributed by atoms with Crippen LogP contribution in [0.1, 0.15) is 50.1 Å². The minimum Gasteiger partial charge on any atom is -0.334 e. The zero-order valence-electron chi connectivity index (χ0n) is 16.0. The van der Waals surface area contributed by atoms with Crippen LogP contribution in [0.25, 0.3) is 0 Å². The van der Waals surface area contributed by atoms with Crippen LogP contribution in [0, 0.1) is 11.8 Å². The summed E-state index contributed by atoms with van der Waals surface area (Å²) in [4.78, 5) is 14.7. The Morgan fingerprint density at radius 3 is 2.52 bits per heavy atom. The fourth-order valence-corrected chi connectivity index (χ4v) is 5.00. The van der Waals surface area contributed by atoms with Crippen molar-refractivity contribution in [3.8, 4) is 0 Å². The van der Waals surface area contributed by atoms with Crippen LogP contribution in [0.3, 0.4) is 0 Å². The van der Waals surface area contributed by atoms with E-state index in [-0.39, 0.29) is 18.6 Å². The third-order valence-corrected chi connectivity index (χ3v) is 6.56. The predicted octanol–water partition coefficient (Wildman–Crippen LogP) is 3.90. The molecule has 6 heteroatoms. The number of piperidine rings is 1. The monoisotopic (exact) mass is 390 g/mol. The predicted molar refractivity (Wildman–Crippen MR) is 108 cm³/mol. The number of amides is 2. The van der Waals surface area contributed by atoms with Gasteiger partial charge in [-0.3, -0.25) is 0 Å². The van der Waals surface area contributed by atoms with E-state index < -0.39 is 9.84 Å². The molecular formula is C21H30N2O3S. The smallest absolute Gasteiger partial charge is 0.318 e. The molecule has 2 amide bonds. The van der Waals surface area contributed by atoms with Gasteiger partial charge in [0.2, 0.25) is 0 Å². The number of hydrogen-bond acceptors (Lipinski definition) is 3. The van der Waals surface area contributed by atoms with Crippen LogP contribution in [-0.2, 0) is 9.84 Å². The van der Waals surface area contributed by atoms with Crippen molar-refractivity contribution in [1.29, 1.82) is 0 Å². The highest BCUT2D eigenvalue weighted by Crippen LogP contribution is 2.42. The average Bonchev–Trinajstić information content (AvgIpc) is 3.19. The Kier molecular flexibility index (Phi) is 6.58. The summed E-state index contributed by atoms with van der Waals surface area (Å²) in [6, 6.07) is 10.2. The van der Waals surface area contributed by atoms with E-state index in [0.717, 1.165) is 37.0 Å². The van der Waals surface area contributed by atoms with Crippen LogP contribution >= 0.6 is 0 Å². The Hall–Kier alpha value is -1.82. The summed E-state index contributed by atoms with van der Waals surface area (Å²) in [6.07, 6.45) is 10.0. The van der Waals surface area contributed by atoms with Gasteiger partial charge in [0.15, 0.2) is 9.84 Å². The Labute approximate surface area is 162 Å². The molecule has 1 aromatic rings. The first-order chi connectivity index (χ1) is 12.9. The van der Waals surface area contributed by atoms with E-state index in [1.54, 1.807) is 0 Å². The number of carbonyl (C=O) groups is 1. The molecule has 1 saturated heterocycles. The largest absolute Gasteiger partial charge is 0.334 e. The molecule has 1 saturated carbocycles. The van der Waals surface area contributed by atoms with Gasteiger partial charge in [0.05, 0.1) is 6.04 Å². The number of carbonyl (C=O) groups excluding carboxylic acids is 1. The van der Waals surface area contributed by atoms with Crippen molar-refractivity contribution in [1.82, 2.24) is 10.2 Å². The molecule has 3 rings (SSSR count). The van der Waals surface area contributed by atoms with Crippen molar-refractivity contribution >= 4 is 15.9 Å². The minimum atomic E-state index is -3.16. The Balaban J connectivity index is 1.68. The SMILES string of the molecule is CS(=O)(=O)/C=C/CNC(=O)N1CCC(C2CCCC2)CC1c1ccccc1. The highest BCUT2D eigenvalue weighted by molar-refractivity contribution is 7.93. The van der Waals surface area contributed by atoms with E-state index in [1.807, 2.05) is 23.1 Å². The fourth-order valence-electron chi connectivity index (χ4n) is 4.55. The van der Waals surface area contributed by atoms with Gasteiger partial charge in [-0.25, -0.2) is 13.2 Å². The normalized spacial score (nSPS) is 24.4. The van der Waals surface area contributed by atoms with Crippen LogP contribution < -0.4 is 5.32 Å². The number of urea groups is 1. The molecule has 2 unspecified atom stereocenters. The average molecular weight is 391 g/mol. The van der Waals surface area contributed by atoms with Gasteiger partial charge in [0.25, 0.3) is 0 Å². The van der Waals surface area contributed by atoms with Crippen LogP contribution in [-0.4, -0.2) is 38.7 Å². The summed E-state index contributed by atoms with van der Waals surface area (Å²) in [5, 5.41) is 3.98. The second kappa shape index (κ2) is 8.91. The molecule has 1 aliphatic heterocycles. The van der Waals surface area contributed by atoms with E-state index in [0.29, 0.717) is 5.92 Å². The maximum Gasteiger partial charge on any atom is 0.318 e. The lowest BCUT2D eigenvalue weighted by molar-refractivity contribution is 0.106. The molecule has 1 aromatic carbocycles. The fraction of sp³-hybridized carbons (Fsp3) is 0.571. The van der Waals surface area contributed by atoms with E-state index in [1.165, 1.54) is 37.3 Å². The van der Waals surface area contributed by atoms with Crippen molar-refractivity contribution in [3.05, 3.63) is 47.4 Å². The van der Waals surface area contributed by atoms with Gasteiger partial charge in [0.1, 0.15) is 0 Å². The van der Waals surface area contributed by atoms with E-state index >= 15 is 0 Å². The van der Waals surface area contributed by atoms with Crippen LogP contribution in [0.4, 0.5) is 4.79 Å². The number of nitrogens with one attached hydrogen (secondary N) is 1. The number of rotatable bonds is 5. The number of hydrogen-bond donors (Lipinski definition) is 1. The zero-order chi connectivity index (χ0) is 19.3. The van der Waals surface area contributed by atoms with E-state index in [9.17, 15) is 13.2 Å². The first kappa shape index (κ1) is 19.9. The molecule has 0 spiro atoms. The second-order valence-electron chi connectivity index (χ2n) is 7.84. The second-order valence-corrected chi connectivity index (χ2v) is 9.77. The van der Waals surface area contributed by atoms with Gasteiger partial charge in [-0.05, 0) is 30.2 Å². The quantitative estimate of drug-likeness (QED) is 0.829. The Morgan fingerprint density at radius 1 is 1.15 bits per heavy atom. The highest BCUT2D eigenvalue weighted by Gasteiger charge is 2.36. The van der Waals surface area contributed by atoms with Crippen LogP contribution in [0.15, 0.2) is 41.8 Å². The molecule has 0 aromatic heterocycles. The molecule has 0 bridgehead atoms. The molecule has 2 atom stereocenters. The molecule has 5 nitrogen and oxygen atoms in total. The molecule has 1 N–H and O–H groups in total. The Bertz CT molecular complexity index is 755. The molecule has 2 aliphatic rings. The summed E-state index contributed by atoms with van der Waals surface area (Å²) in [6.45, 7) is 0.971. The van der Waals surface area contributed by atoms with Crippen molar-refractivity contribution in [2.75, 3.05) is 19.3 Å². The van der Waals surface area contributed by atoms with Crippen LogP contribution in [0.2, 0.25) is 0 Å². The van der Waals surface area contributed by atoms with Crippen molar-refractivity contribution in [2.45, 2.75) is 44.6 Å². The number of benzene rings is 1. The van der Waals surface area contributed by atoms with Crippen molar-refractivity contribution in [2.24, 2.45) is 11.8 Å². The highest BCUT2D eigenvalue weighted by atomic mass is 32.2. The molecule has 1 aliphatic carbocycles. The third-order valence-electron chi connectivity index (χ3n) is 5.87. The first-order valence-corrected chi connectivity index (χ1v) is 11.9. The third kappa shape index (κ3) is 5.58. The topological polar surface area (TPSA) is 66.5 Å². The van der Waals surface area contributed by atoms with E-state index in [2.05, 4.69) is 17.4 Å². The van der Waals surface area contributed by atoms with Gasteiger partial charge < -0.3 is 10.2 Å². The van der Waals surface area contributed by atoms with Gasteiger partial charge >= 0.3 is 6.03 Å². The van der Waals surface area contributed by atoms with Crippen LogP contribution in [0.5, 0.6) is 0 Å². The minimum absolute atomic E-state index is 0.0874. The molecule has 148 valence electrons. The Morgan fingerprint density at radius 2 is 1.85 bits per heavy atom. The van der Waals surface area contributed by atoms with Crippen molar-refractivity contribution < 1.29 is 13.2 Å². The lowest BCUT2D eigenvalue weighted by atomic mass is 9.78. The lowest BCUT2D eigenvalue weighted by Gasteiger charge is -2.41. The molecule has 1 heterocycles. The molecule has 2 fully saturated rings. The maximum atomic E-state index is 12.8. The van der Waals surface area contributed by atoms with Gasteiger partial charge in [-0.1, -0.05) is 62.1 Å². The summed E-state index contributed by atoms with van der Waals surface area (Å²) < 4.78 is 22.3. The van der Waals surface area contributed by atoms with Gasteiger partial charge in [0, 0.05) is 24.8 Å². The number of sulfone groups is 1. The zero-order valence-corrected chi connectivity index (χ0v) is 16.8. The lowest BCUT2D eigenvalue weighted by Crippen LogP contribution is -2.47. The summed E-state index contributed by atoms with van der Waals surface area (Å²) in [5.74, 6) is 1.49. The standard InChI is InChI=1S/C21H30N2O3S/c1-27(25,26)15-7-13-22-21(24)23-14-12-19(17-8-5-6-9-17)16-20(23)18-10-3-2-4-11-18/h2-4,7,10-11,15,17,19-20H,5-6,8-9,12-14,16H2,1H3,(H,22,24)/b15-7+. The molecular weight excluding hydrogens is 360 g/mol. The van der Waals surface area contributed by atoms with Crippen molar-refractivity contribution in [3.63, 3.8) is 0 Å². The number of nitrogens with zero attached hydrogens (tertiary/aromatic N) is 1. The van der Waals surface area contributed by atoms with Gasteiger partial charge in [-0.15, -0.1) is 0 Å². The first-order valence-electron chi connectivity index (χ1n) is 9.90. The van der Waals surface area contributed by atoms with Gasteiger partial charge in [-0.2, -0.15) is 0 Å². The van der Waals surface area contributed by atoms with E-state index in [4.69, 9.17) is 0 Å². The summed E-state index contributed by atoms with van der Waals surface area (Å²) >= 11 is 0. The maximum absolute atomic E-state index is 12.8. The number of likely N-dealkylation sites (tertiary alicyclic amines) is 1. The molecule has 0 radical (unpaired) electrons.